The van der Waals surface area contributed by atoms with Crippen molar-refractivity contribution in [2.45, 2.75) is 13.3 Å². The van der Waals surface area contributed by atoms with Crippen LogP contribution in [0.15, 0.2) is 0 Å². The van der Waals surface area contributed by atoms with E-state index in [9.17, 15) is 4.79 Å². The van der Waals surface area contributed by atoms with Crippen LogP contribution in [-0.2, 0) is 4.79 Å². The van der Waals surface area contributed by atoms with Gasteiger partial charge < -0.3 is 0 Å². The molecular weight excluding hydrogens is 106 g/mol. The SMILES string of the molecule is CCC1CN(O)C1=O. The van der Waals surface area contributed by atoms with Crippen molar-refractivity contribution in [1.29, 1.82) is 0 Å². The van der Waals surface area contributed by atoms with Gasteiger partial charge in [0.05, 0.1) is 12.5 Å². The Labute approximate surface area is 47.9 Å². The van der Waals surface area contributed by atoms with E-state index in [1.165, 1.54) is 0 Å². The van der Waals surface area contributed by atoms with E-state index in [1.54, 1.807) is 0 Å². The summed E-state index contributed by atoms with van der Waals surface area (Å²) in [5.41, 5.74) is 0. The first kappa shape index (κ1) is 5.56. The number of hydrogen-bond donors (Lipinski definition) is 1. The maximum atomic E-state index is 10.5. The van der Waals surface area contributed by atoms with Gasteiger partial charge in [-0.25, -0.2) is 5.06 Å². The van der Waals surface area contributed by atoms with Crippen molar-refractivity contribution in [2.75, 3.05) is 6.54 Å². The molecule has 1 amide bonds. The molecular formula is C5H9NO2. The minimum absolute atomic E-state index is 0.0972. The second kappa shape index (κ2) is 1.74. The normalized spacial score (nSPS) is 28.0. The summed E-state index contributed by atoms with van der Waals surface area (Å²) < 4.78 is 0. The molecule has 0 spiro atoms. The molecule has 0 bridgehead atoms. The van der Waals surface area contributed by atoms with Crippen molar-refractivity contribution in [3.05, 3.63) is 0 Å². The molecule has 8 heavy (non-hydrogen) atoms. The van der Waals surface area contributed by atoms with Crippen molar-refractivity contribution in [3.8, 4) is 0 Å². The number of β-lactam (4-membered cyclic amide) rings is 1. The lowest BCUT2D eigenvalue weighted by atomic mass is 9.99. The standard InChI is InChI=1S/C5H9NO2/c1-2-4-3-6(8)5(4)7/h4,8H,2-3H2,1H3. The Kier molecular flexibility index (Phi) is 1.21. The number of amides is 1. The lowest BCUT2D eigenvalue weighted by molar-refractivity contribution is -0.197. The van der Waals surface area contributed by atoms with Crippen LogP contribution in [0.5, 0.6) is 0 Å². The predicted molar refractivity (Wildman–Crippen MR) is 27.3 cm³/mol. The minimum Gasteiger partial charge on any atom is -0.286 e. The van der Waals surface area contributed by atoms with Gasteiger partial charge in [0.15, 0.2) is 0 Å². The lowest BCUT2D eigenvalue weighted by Crippen LogP contribution is -2.49. The topological polar surface area (TPSA) is 40.5 Å². The second-order valence-corrected chi connectivity index (χ2v) is 2.03. The fraction of sp³-hybridized carbons (Fsp3) is 0.800. The van der Waals surface area contributed by atoms with E-state index < -0.39 is 0 Å². The first-order chi connectivity index (χ1) is 3.75. The molecule has 1 atom stereocenters. The summed E-state index contributed by atoms with van der Waals surface area (Å²) in [6, 6.07) is 0. The van der Waals surface area contributed by atoms with Gasteiger partial charge in [0, 0.05) is 0 Å². The van der Waals surface area contributed by atoms with Crippen LogP contribution >= 0.6 is 0 Å². The quantitative estimate of drug-likeness (QED) is 0.393. The molecule has 0 aliphatic carbocycles. The van der Waals surface area contributed by atoms with Crippen LogP contribution in [0.25, 0.3) is 0 Å². The summed E-state index contributed by atoms with van der Waals surface area (Å²) in [4.78, 5) is 10.5. The number of nitrogens with zero attached hydrogens (tertiary/aromatic N) is 1. The third kappa shape index (κ3) is 0.591. The van der Waals surface area contributed by atoms with Gasteiger partial charge in [-0.2, -0.15) is 0 Å². The maximum Gasteiger partial charge on any atom is 0.250 e. The number of hydrogen-bond acceptors (Lipinski definition) is 2. The minimum atomic E-state index is -0.132. The Bertz CT molecular complexity index is 113. The first-order valence-electron chi connectivity index (χ1n) is 2.76. The van der Waals surface area contributed by atoms with Gasteiger partial charge in [-0.05, 0) is 6.42 Å². The second-order valence-electron chi connectivity index (χ2n) is 2.03. The van der Waals surface area contributed by atoms with Crippen molar-refractivity contribution >= 4 is 5.91 Å². The Morgan fingerprint density at radius 1 is 2.00 bits per heavy atom. The Morgan fingerprint density at radius 3 is 2.75 bits per heavy atom. The fourth-order valence-corrected chi connectivity index (χ4v) is 0.779. The van der Waals surface area contributed by atoms with Gasteiger partial charge in [0.1, 0.15) is 0 Å². The van der Waals surface area contributed by atoms with E-state index >= 15 is 0 Å². The van der Waals surface area contributed by atoms with E-state index in [-0.39, 0.29) is 11.8 Å². The molecule has 1 heterocycles. The molecule has 1 rings (SSSR count). The number of carbonyl (C=O) groups excluding carboxylic acids is 1. The van der Waals surface area contributed by atoms with Crippen molar-refractivity contribution in [3.63, 3.8) is 0 Å². The molecule has 1 aliphatic heterocycles. The summed E-state index contributed by atoms with van der Waals surface area (Å²) in [7, 11) is 0. The van der Waals surface area contributed by atoms with Gasteiger partial charge in [-0.15, -0.1) is 0 Å². The fourth-order valence-electron chi connectivity index (χ4n) is 0.779. The molecule has 1 unspecified atom stereocenters. The summed E-state index contributed by atoms with van der Waals surface area (Å²) in [6.07, 6.45) is 0.843. The lowest BCUT2D eigenvalue weighted by Gasteiger charge is -2.31. The largest absolute Gasteiger partial charge is 0.286 e. The van der Waals surface area contributed by atoms with Crippen LogP contribution in [0.2, 0.25) is 0 Å². The molecule has 1 N–H and O–H groups in total. The van der Waals surface area contributed by atoms with Crippen molar-refractivity contribution in [1.82, 2.24) is 5.06 Å². The molecule has 1 fully saturated rings. The highest BCUT2D eigenvalue weighted by atomic mass is 16.5. The summed E-state index contributed by atoms with van der Waals surface area (Å²) in [6.45, 7) is 2.46. The molecule has 3 nitrogen and oxygen atoms in total. The third-order valence-electron chi connectivity index (χ3n) is 1.49. The van der Waals surface area contributed by atoms with E-state index in [0.717, 1.165) is 11.5 Å². The van der Waals surface area contributed by atoms with Crippen LogP contribution in [-0.4, -0.2) is 22.7 Å². The van der Waals surface area contributed by atoms with Gasteiger partial charge >= 0.3 is 0 Å². The maximum absolute atomic E-state index is 10.5. The molecule has 0 aromatic heterocycles. The summed E-state index contributed by atoms with van der Waals surface area (Å²) in [5.74, 6) is -0.0347. The summed E-state index contributed by atoms with van der Waals surface area (Å²) >= 11 is 0. The van der Waals surface area contributed by atoms with E-state index in [4.69, 9.17) is 5.21 Å². The molecule has 3 heteroatoms. The van der Waals surface area contributed by atoms with Gasteiger partial charge in [-0.1, -0.05) is 6.92 Å². The zero-order chi connectivity index (χ0) is 6.15. The van der Waals surface area contributed by atoms with Crippen LogP contribution in [0.1, 0.15) is 13.3 Å². The average molecular weight is 115 g/mol. The van der Waals surface area contributed by atoms with E-state index in [1.807, 2.05) is 6.92 Å². The van der Waals surface area contributed by atoms with E-state index in [2.05, 4.69) is 0 Å². The van der Waals surface area contributed by atoms with Gasteiger partial charge in [0.25, 0.3) is 5.91 Å². The van der Waals surface area contributed by atoms with Crippen molar-refractivity contribution in [2.24, 2.45) is 5.92 Å². The van der Waals surface area contributed by atoms with Gasteiger partial charge in [-0.3, -0.25) is 10.0 Å². The highest BCUT2D eigenvalue weighted by molar-refractivity contribution is 5.83. The van der Waals surface area contributed by atoms with E-state index in [0.29, 0.717) is 6.54 Å². The average Bonchev–Trinajstić information content (AvgIpc) is 1.81. The van der Waals surface area contributed by atoms with Crippen LogP contribution in [0, 0.1) is 5.92 Å². The molecule has 46 valence electrons. The Hall–Kier alpha value is -0.570. The monoisotopic (exact) mass is 115 g/mol. The molecule has 0 saturated carbocycles. The Balaban J connectivity index is 2.36. The molecule has 1 saturated heterocycles. The third-order valence-corrected chi connectivity index (χ3v) is 1.49. The highest BCUT2D eigenvalue weighted by Crippen LogP contribution is 2.17. The molecule has 0 radical (unpaired) electrons. The molecule has 1 aliphatic rings. The predicted octanol–water partition coefficient (Wildman–Crippen LogP) is 0.244. The summed E-state index contributed by atoms with van der Waals surface area (Å²) in [5, 5.41) is 9.26. The zero-order valence-electron chi connectivity index (χ0n) is 4.79. The number of carbonyl (C=O) groups is 1. The van der Waals surface area contributed by atoms with Crippen molar-refractivity contribution < 1.29 is 10.0 Å². The Morgan fingerprint density at radius 2 is 2.62 bits per heavy atom. The number of rotatable bonds is 1. The van der Waals surface area contributed by atoms with Gasteiger partial charge in [0.2, 0.25) is 0 Å². The van der Waals surface area contributed by atoms with Crippen LogP contribution < -0.4 is 0 Å². The zero-order valence-corrected chi connectivity index (χ0v) is 4.79. The molecule has 0 aromatic rings. The smallest absolute Gasteiger partial charge is 0.250 e. The van der Waals surface area contributed by atoms with Crippen LogP contribution in [0.3, 0.4) is 0 Å². The molecule has 0 aromatic carbocycles. The highest BCUT2D eigenvalue weighted by Gasteiger charge is 2.33. The van der Waals surface area contributed by atoms with Crippen LogP contribution in [0.4, 0.5) is 0 Å². The number of hydroxylamine groups is 2. The first-order valence-corrected chi connectivity index (χ1v) is 2.76.